The zero-order valence-corrected chi connectivity index (χ0v) is 12.4. The average molecular weight is 242 g/mol. The van der Waals surface area contributed by atoms with Crippen LogP contribution in [-0.2, 0) is 0 Å². The number of allylic oxidation sites excluding steroid dienone is 2. The first-order valence-electron chi connectivity index (χ1n) is 6.04. The van der Waals surface area contributed by atoms with Crippen LogP contribution in [0.2, 0.25) is 0 Å². The molecule has 16 heavy (non-hydrogen) atoms. The van der Waals surface area contributed by atoms with Gasteiger partial charge < -0.3 is 4.90 Å². The molecule has 0 saturated carbocycles. The zero-order valence-electron chi connectivity index (χ0n) is 11.5. The van der Waals surface area contributed by atoms with E-state index in [1.807, 2.05) is 0 Å². The third-order valence-corrected chi connectivity index (χ3v) is 2.65. The van der Waals surface area contributed by atoms with Gasteiger partial charge in [0.25, 0.3) is 0 Å². The van der Waals surface area contributed by atoms with Crippen molar-refractivity contribution in [1.82, 2.24) is 4.90 Å². The first-order valence-corrected chi connectivity index (χ1v) is 6.68. The van der Waals surface area contributed by atoms with Crippen LogP contribution in [0.3, 0.4) is 0 Å². The quantitative estimate of drug-likeness (QED) is 0.426. The molecule has 0 saturated heterocycles. The molecule has 0 heterocycles. The first-order chi connectivity index (χ1) is 7.42. The highest BCUT2D eigenvalue weighted by molar-refractivity contribution is 7.80. The summed E-state index contributed by atoms with van der Waals surface area (Å²) >= 11 is 4.39. The topological polar surface area (TPSA) is 15.6 Å². The smallest absolute Gasteiger partial charge is 0.0610 e. The standard InChI is InChI=1S/C13H26N2S/c1-7-13(15(9-16)11(4)5)8-12(6)14-10(2)3/h8,10-11,16H,7,9H2,1-6H3/b13-8-,14-12?. The Balaban J connectivity index is 4.89. The van der Waals surface area contributed by atoms with Crippen LogP contribution in [0.4, 0.5) is 0 Å². The average Bonchev–Trinajstić information content (AvgIpc) is 2.15. The molecule has 3 heteroatoms. The molecular weight excluding hydrogens is 216 g/mol. The van der Waals surface area contributed by atoms with Gasteiger partial charge in [0, 0.05) is 23.5 Å². The van der Waals surface area contributed by atoms with E-state index in [4.69, 9.17) is 0 Å². The molecule has 0 aromatic heterocycles. The van der Waals surface area contributed by atoms with Crippen LogP contribution >= 0.6 is 12.6 Å². The van der Waals surface area contributed by atoms with Crippen LogP contribution in [-0.4, -0.2) is 28.6 Å². The normalized spacial score (nSPS) is 13.8. The summed E-state index contributed by atoms with van der Waals surface area (Å²) < 4.78 is 0. The maximum absolute atomic E-state index is 4.53. The van der Waals surface area contributed by atoms with E-state index in [9.17, 15) is 0 Å². The summed E-state index contributed by atoms with van der Waals surface area (Å²) in [5.41, 5.74) is 2.41. The highest BCUT2D eigenvalue weighted by atomic mass is 32.1. The second kappa shape index (κ2) is 7.77. The van der Waals surface area contributed by atoms with Gasteiger partial charge in [0.15, 0.2) is 0 Å². The van der Waals surface area contributed by atoms with Crippen molar-refractivity contribution in [3.63, 3.8) is 0 Å². The number of aliphatic imine (C=N–C) groups is 1. The van der Waals surface area contributed by atoms with E-state index < -0.39 is 0 Å². The van der Waals surface area contributed by atoms with Gasteiger partial charge in [-0.25, -0.2) is 0 Å². The van der Waals surface area contributed by atoms with E-state index >= 15 is 0 Å². The molecule has 0 rings (SSSR count). The monoisotopic (exact) mass is 242 g/mol. The summed E-state index contributed by atoms with van der Waals surface area (Å²) in [4.78, 5) is 6.82. The summed E-state index contributed by atoms with van der Waals surface area (Å²) in [6, 6.07) is 0.841. The molecule has 0 unspecified atom stereocenters. The molecule has 0 aliphatic heterocycles. The lowest BCUT2D eigenvalue weighted by Gasteiger charge is -2.29. The molecule has 0 aromatic carbocycles. The van der Waals surface area contributed by atoms with Crippen LogP contribution in [0.5, 0.6) is 0 Å². The highest BCUT2D eigenvalue weighted by Crippen LogP contribution is 2.14. The Morgan fingerprint density at radius 2 is 1.88 bits per heavy atom. The van der Waals surface area contributed by atoms with Gasteiger partial charge in [-0.2, -0.15) is 12.6 Å². The van der Waals surface area contributed by atoms with Gasteiger partial charge >= 0.3 is 0 Å². The first kappa shape index (κ1) is 15.6. The third kappa shape index (κ3) is 5.59. The van der Waals surface area contributed by atoms with E-state index in [0.717, 1.165) is 18.0 Å². The van der Waals surface area contributed by atoms with Crippen molar-refractivity contribution in [1.29, 1.82) is 0 Å². The van der Waals surface area contributed by atoms with Gasteiger partial charge in [-0.15, -0.1) is 0 Å². The lowest BCUT2D eigenvalue weighted by molar-refractivity contribution is 0.324. The van der Waals surface area contributed by atoms with Crippen molar-refractivity contribution in [3.05, 3.63) is 11.8 Å². The van der Waals surface area contributed by atoms with Crippen molar-refractivity contribution in [3.8, 4) is 0 Å². The van der Waals surface area contributed by atoms with E-state index in [-0.39, 0.29) is 0 Å². The van der Waals surface area contributed by atoms with Gasteiger partial charge in [0.05, 0.1) is 5.88 Å². The predicted molar refractivity (Wildman–Crippen MR) is 77.4 cm³/mol. The van der Waals surface area contributed by atoms with Crippen LogP contribution in [0.1, 0.15) is 48.0 Å². The Morgan fingerprint density at radius 3 is 2.19 bits per heavy atom. The SMILES string of the molecule is CC/C(=C/C(C)=NC(C)C)N(CS)C(C)C. The molecular formula is C13H26N2S. The maximum atomic E-state index is 4.53. The fourth-order valence-corrected chi connectivity index (χ4v) is 2.17. The van der Waals surface area contributed by atoms with Crippen molar-refractivity contribution in [2.24, 2.45) is 4.99 Å². The predicted octanol–water partition coefficient (Wildman–Crippen LogP) is 3.75. The molecule has 0 radical (unpaired) electrons. The van der Waals surface area contributed by atoms with Crippen molar-refractivity contribution < 1.29 is 0 Å². The Labute approximate surface area is 106 Å². The lowest BCUT2D eigenvalue weighted by Crippen LogP contribution is -2.29. The fraction of sp³-hybridized carbons (Fsp3) is 0.769. The van der Waals surface area contributed by atoms with Gasteiger partial charge in [-0.1, -0.05) is 6.92 Å². The van der Waals surface area contributed by atoms with Crippen molar-refractivity contribution in [2.45, 2.75) is 60.0 Å². The molecule has 0 aromatic rings. The van der Waals surface area contributed by atoms with Crippen LogP contribution < -0.4 is 0 Å². The summed E-state index contributed by atoms with van der Waals surface area (Å²) in [7, 11) is 0. The highest BCUT2D eigenvalue weighted by Gasteiger charge is 2.10. The second-order valence-corrected chi connectivity index (χ2v) is 4.84. The van der Waals surface area contributed by atoms with Gasteiger partial charge in [-0.05, 0) is 47.1 Å². The zero-order chi connectivity index (χ0) is 12.7. The summed E-state index contributed by atoms with van der Waals surface area (Å²) in [6.45, 7) is 12.8. The number of thiol groups is 1. The molecule has 0 bridgehead atoms. The van der Waals surface area contributed by atoms with E-state index in [1.165, 1.54) is 5.70 Å². The van der Waals surface area contributed by atoms with Crippen LogP contribution in [0.25, 0.3) is 0 Å². The summed E-state index contributed by atoms with van der Waals surface area (Å²) in [5, 5.41) is 0. The van der Waals surface area contributed by atoms with Crippen LogP contribution in [0, 0.1) is 0 Å². The number of rotatable bonds is 6. The fourth-order valence-electron chi connectivity index (χ4n) is 1.66. The molecule has 0 aliphatic carbocycles. The van der Waals surface area contributed by atoms with Gasteiger partial charge in [0.1, 0.15) is 0 Å². The molecule has 2 nitrogen and oxygen atoms in total. The molecule has 0 fully saturated rings. The Hall–Kier alpha value is -0.440. The van der Waals surface area contributed by atoms with Crippen molar-refractivity contribution in [2.75, 3.05) is 5.88 Å². The molecule has 0 spiro atoms. The summed E-state index contributed by atoms with van der Waals surface area (Å²) in [6.07, 6.45) is 3.19. The van der Waals surface area contributed by atoms with E-state index in [2.05, 4.69) is 70.1 Å². The minimum Gasteiger partial charge on any atom is -0.363 e. The Morgan fingerprint density at radius 1 is 1.31 bits per heavy atom. The second-order valence-electron chi connectivity index (χ2n) is 4.56. The largest absolute Gasteiger partial charge is 0.363 e. The number of nitrogens with zero attached hydrogens (tertiary/aromatic N) is 2. The number of hydrogen-bond donors (Lipinski definition) is 1. The number of hydrogen-bond acceptors (Lipinski definition) is 3. The molecule has 0 aliphatic rings. The van der Waals surface area contributed by atoms with E-state index in [0.29, 0.717) is 12.1 Å². The van der Waals surface area contributed by atoms with Gasteiger partial charge in [-0.3, -0.25) is 4.99 Å². The van der Waals surface area contributed by atoms with Crippen molar-refractivity contribution >= 4 is 18.3 Å². The maximum Gasteiger partial charge on any atom is 0.0610 e. The Bertz CT molecular complexity index is 255. The van der Waals surface area contributed by atoms with Gasteiger partial charge in [0.2, 0.25) is 0 Å². The Kier molecular flexibility index (Phi) is 7.56. The van der Waals surface area contributed by atoms with E-state index in [1.54, 1.807) is 0 Å². The lowest BCUT2D eigenvalue weighted by atomic mass is 10.2. The minimum absolute atomic E-state index is 0.359. The summed E-state index contributed by atoms with van der Waals surface area (Å²) in [5.74, 6) is 0.756. The van der Waals surface area contributed by atoms with Crippen LogP contribution in [0.15, 0.2) is 16.8 Å². The molecule has 0 amide bonds. The molecule has 94 valence electrons. The third-order valence-electron chi connectivity index (χ3n) is 2.34. The molecule has 0 N–H and O–H groups in total. The molecule has 0 atom stereocenters. The minimum atomic E-state index is 0.359.